The van der Waals surface area contributed by atoms with Crippen LogP contribution in [0, 0.1) is 5.92 Å². The van der Waals surface area contributed by atoms with Crippen LogP contribution in [0.25, 0.3) is 0 Å². The number of aliphatic hydroxyl groups is 1. The molecule has 2 aromatic heterocycles. The van der Waals surface area contributed by atoms with Gasteiger partial charge in [-0.1, -0.05) is 58.0 Å². The lowest BCUT2D eigenvalue weighted by atomic mass is 9.94. The summed E-state index contributed by atoms with van der Waals surface area (Å²) in [5, 5.41) is 31.1. The number of benzene rings is 1. The maximum Gasteiger partial charge on any atom is 0.408 e. The van der Waals surface area contributed by atoms with Gasteiger partial charge in [0.05, 0.1) is 58.5 Å². The highest BCUT2D eigenvalue weighted by atomic mass is 32.1. The van der Waals surface area contributed by atoms with Gasteiger partial charge in [-0.2, -0.15) is 0 Å². The number of β-amino-alcohol motifs (C(OH)–C–C–N with tert-alkyl or cyclic N) is 1. The second-order valence-electron chi connectivity index (χ2n) is 15.0. The predicted octanol–water partition coefficient (Wildman–Crippen LogP) is 5.28. The largest absolute Gasteiger partial charge is 0.465 e. The van der Waals surface area contributed by atoms with Gasteiger partial charge in [-0.15, -0.1) is 22.7 Å². The van der Waals surface area contributed by atoms with E-state index in [4.69, 9.17) is 4.74 Å². The highest BCUT2D eigenvalue weighted by Crippen LogP contribution is 2.25. The Morgan fingerprint density at radius 2 is 1.84 bits per heavy atom. The summed E-state index contributed by atoms with van der Waals surface area (Å²) in [6.45, 7) is 14.5. The normalized spacial score (nSPS) is 18.7. The van der Waals surface area contributed by atoms with E-state index < -0.39 is 41.8 Å². The minimum atomic E-state index is -1.23. The van der Waals surface area contributed by atoms with Crippen LogP contribution in [0.2, 0.25) is 0 Å². The highest BCUT2D eigenvalue weighted by Gasteiger charge is 2.39. The number of hydrogen-bond acceptors (Lipinski definition) is 10. The maximum atomic E-state index is 14.1. The van der Waals surface area contributed by atoms with E-state index in [1.54, 1.807) is 11.7 Å². The van der Waals surface area contributed by atoms with Gasteiger partial charge in [-0.05, 0) is 51.5 Å². The van der Waals surface area contributed by atoms with E-state index in [0.717, 1.165) is 20.3 Å². The molecule has 1 aliphatic rings. The number of rotatable bonds is 16. The van der Waals surface area contributed by atoms with Crippen molar-refractivity contribution in [3.05, 3.63) is 68.6 Å². The molecular weight excluding hydrogens is 689 g/mol. The Hall–Kier alpha value is -3.43. The maximum absolute atomic E-state index is 14.1. The molecule has 5 atom stereocenters. The summed E-state index contributed by atoms with van der Waals surface area (Å²) in [4.78, 5) is 53.3. The lowest BCUT2D eigenvalue weighted by molar-refractivity contribution is -0.134. The first kappa shape index (κ1) is 40.3. The summed E-state index contributed by atoms with van der Waals surface area (Å²) in [6, 6.07) is 7.18. The van der Waals surface area contributed by atoms with E-state index in [-0.39, 0.29) is 36.9 Å². The lowest BCUT2D eigenvalue weighted by Gasteiger charge is -2.41. The average molecular weight is 743 g/mol. The van der Waals surface area contributed by atoms with Crippen molar-refractivity contribution in [1.82, 2.24) is 30.4 Å². The molecule has 1 saturated heterocycles. The Balaban J connectivity index is 1.55. The van der Waals surface area contributed by atoms with Crippen molar-refractivity contribution in [3.63, 3.8) is 0 Å². The fraction of sp³-hybridized carbons (Fsp3) is 0.595. The van der Waals surface area contributed by atoms with Crippen LogP contribution in [0.4, 0.5) is 4.79 Å². The van der Waals surface area contributed by atoms with Gasteiger partial charge < -0.3 is 25.6 Å². The first-order valence-electron chi connectivity index (χ1n) is 17.6. The average Bonchev–Trinajstić information content (AvgIpc) is 3.76. The van der Waals surface area contributed by atoms with Crippen LogP contribution in [0.15, 0.2) is 47.4 Å². The zero-order chi connectivity index (χ0) is 37.3. The number of amides is 3. The number of aromatic nitrogens is 2. The highest BCUT2D eigenvalue weighted by molar-refractivity contribution is 7.09. The SMILES string of the molecule is CC(C)c1nc(CN(C(=O)O)[C@H](C(=O)N[C@@H](Cc2ccccc2)[C@@H](O)CN2CC[C@@H](OCc3cncs3)C[C@H]2C(=O)NC(C)(C)C)C(C)C)cs1. The Morgan fingerprint density at radius 1 is 1.12 bits per heavy atom. The topological polar surface area (TPSA) is 157 Å². The molecule has 280 valence electrons. The molecule has 0 aliphatic carbocycles. The molecular formula is C37H54N6O6S2. The van der Waals surface area contributed by atoms with E-state index in [0.29, 0.717) is 38.1 Å². The number of piperidine rings is 1. The molecule has 3 amide bonds. The van der Waals surface area contributed by atoms with E-state index >= 15 is 0 Å². The molecule has 3 heterocycles. The fourth-order valence-corrected chi connectivity index (χ4v) is 7.64. The minimum Gasteiger partial charge on any atom is -0.465 e. The molecule has 0 bridgehead atoms. The second kappa shape index (κ2) is 18.4. The van der Waals surface area contributed by atoms with Crippen LogP contribution in [0.3, 0.4) is 0 Å². The number of carboxylic acid groups (broad SMARTS) is 1. The van der Waals surface area contributed by atoms with Crippen LogP contribution >= 0.6 is 22.7 Å². The lowest BCUT2D eigenvalue weighted by Crippen LogP contribution is -2.60. The summed E-state index contributed by atoms with van der Waals surface area (Å²) >= 11 is 2.99. The number of hydrogen-bond donors (Lipinski definition) is 4. The zero-order valence-electron chi connectivity index (χ0n) is 30.7. The molecule has 14 heteroatoms. The van der Waals surface area contributed by atoms with Crippen LogP contribution in [-0.4, -0.2) is 96.9 Å². The third-order valence-corrected chi connectivity index (χ3v) is 10.7. The summed E-state index contributed by atoms with van der Waals surface area (Å²) in [7, 11) is 0. The van der Waals surface area contributed by atoms with Crippen LogP contribution in [-0.2, 0) is 33.9 Å². The van der Waals surface area contributed by atoms with Gasteiger partial charge in [0.2, 0.25) is 11.8 Å². The molecule has 0 spiro atoms. The molecule has 3 aromatic rings. The molecule has 4 N–H and O–H groups in total. The summed E-state index contributed by atoms with van der Waals surface area (Å²) in [5.74, 6) is -0.811. The predicted molar refractivity (Wildman–Crippen MR) is 200 cm³/mol. The molecule has 0 unspecified atom stereocenters. The zero-order valence-corrected chi connectivity index (χ0v) is 32.4. The number of nitrogens with one attached hydrogen (secondary N) is 2. The van der Waals surface area contributed by atoms with Gasteiger partial charge >= 0.3 is 6.09 Å². The third-order valence-electron chi connectivity index (χ3n) is 8.80. The van der Waals surface area contributed by atoms with Gasteiger partial charge in [0.15, 0.2) is 0 Å². The Morgan fingerprint density at radius 3 is 2.43 bits per heavy atom. The number of ether oxygens (including phenoxy) is 1. The number of thiazole rings is 2. The summed E-state index contributed by atoms with van der Waals surface area (Å²) < 4.78 is 6.20. The van der Waals surface area contributed by atoms with Crippen molar-refractivity contribution in [3.8, 4) is 0 Å². The van der Waals surface area contributed by atoms with Crippen molar-refractivity contribution in [2.45, 2.75) is 123 Å². The summed E-state index contributed by atoms with van der Waals surface area (Å²) in [6.07, 6.45) is 0.743. The van der Waals surface area contributed by atoms with Gasteiger partial charge in [0, 0.05) is 36.1 Å². The Kier molecular flexibility index (Phi) is 14.5. The third kappa shape index (κ3) is 12.1. The van der Waals surface area contributed by atoms with Crippen molar-refractivity contribution in [2.75, 3.05) is 13.1 Å². The Labute approximate surface area is 309 Å². The molecule has 1 aliphatic heterocycles. The quantitative estimate of drug-likeness (QED) is 0.153. The van der Waals surface area contributed by atoms with Gasteiger partial charge in [-0.3, -0.25) is 24.4 Å². The van der Waals surface area contributed by atoms with Crippen LogP contribution in [0.1, 0.15) is 88.4 Å². The van der Waals surface area contributed by atoms with E-state index in [1.165, 1.54) is 22.7 Å². The van der Waals surface area contributed by atoms with Crippen LogP contribution in [0.5, 0.6) is 0 Å². The van der Waals surface area contributed by atoms with Gasteiger partial charge in [0.25, 0.3) is 0 Å². The minimum absolute atomic E-state index is 0.0364. The van der Waals surface area contributed by atoms with Gasteiger partial charge in [-0.25, -0.2) is 9.78 Å². The fourth-order valence-electron chi connectivity index (χ4n) is 6.30. The van der Waals surface area contributed by atoms with E-state index in [2.05, 4.69) is 20.6 Å². The second-order valence-corrected chi connectivity index (χ2v) is 16.8. The molecule has 1 aromatic carbocycles. The van der Waals surface area contributed by atoms with Crippen molar-refractivity contribution in [2.24, 2.45) is 5.92 Å². The number of aliphatic hydroxyl groups excluding tert-OH is 1. The number of carbonyl (C=O) groups excluding carboxylic acids is 2. The van der Waals surface area contributed by atoms with Crippen molar-refractivity contribution >= 4 is 40.6 Å². The van der Waals surface area contributed by atoms with Crippen molar-refractivity contribution in [1.29, 1.82) is 0 Å². The first-order chi connectivity index (χ1) is 24.1. The Bertz CT molecular complexity index is 1540. The molecule has 1 fully saturated rings. The van der Waals surface area contributed by atoms with E-state index in [9.17, 15) is 24.6 Å². The smallest absolute Gasteiger partial charge is 0.408 e. The van der Waals surface area contributed by atoms with Crippen molar-refractivity contribution < 1.29 is 29.3 Å². The number of nitrogens with zero attached hydrogens (tertiary/aromatic N) is 4. The molecule has 0 radical (unpaired) electrons. The standard InChI is InChI=1S/C37H54N6O6S2/c1-23(2)32(43(36(47)48)18-26-21-50-35(39-26)24(3)4)34(46)40-29(15-25-11-9-8-10-12-25)31(44)19-42-14-13-27(49-20-28-17-38-22-51-28)16-30(42)33(45)41-37(5,6)7/h8-12,17,21-24,27,29-32,44H,13-16,18-20H2,1-7H3,(H,40,46)(H,41,45)(H,47,48)/t27-,29+,30+,31+,32+/m1/s1. The van der Waals surface area contributed by atoms with Gasteiger partial charge in [0.1, 0.15) is 6.04 Å². The van der Waals surface area contributed by atoms with Crippen LogP contribution < -0.4 is 10.6 Å². The monoisotopic (exact) mass is 742 g/mol. The molecule has 4 rings (SSSR count). The number of likely N-dealkylation sites (tertiary alicyclic amines) is 1. The molecule has 12 nitrogen and oxygen atoms in total. The summed E-state index contributed by atoms with van der Waals surface area (Å²) in [5.41, 5.74) is 2.79. The molecule has 0 saturated carbocycles. The van der Waals surface area contributed by atoms with E-state index in [1.807, 2.05) is 89.1 Å². The first-order valence-corrected chi connectivity index (χ1v) is 19.4. The number of carbonyl (C=O) groups is 3. The molecule has 51 heavy (non-hydrogen) atoms.